The van der Waals surface area contributed by atoms with Crippen molar-refractivity contribution in [3.63, 3.8) is 0 Å². The van der Waals surface area contributed by atoms with Gasteiger partial charge in [-0.2, -0.15) is 0 Å². The minimum absolute atomic E-state index is 0.0374. The highest BCUT2D eigenvalue weighted by Gasteiger charge is 2.40. The predicted octanol–water partition coefficient (Wildman–Crippen LogP) is 5.61. The van der Waals surface area contributed by atoms with Crippen LogP contribution in [0, 0.1) is 0 Å². The zero-order valence-corrected chi connectivity index (χ0v) is 27.0. The Hall–Kier alpha value is -4.94. The average molecular weight is 670 g/mol. The van der Waals surface area contributed by atoms with E-state index >= 15 is 0 Å². The lowest BCUT2D eigenvalue weighted by molar-refractivity contribution is -0.121. The number of nitrogens with two attached hydrogens (primary N) is 1. The molecule has 1 aliphatic carbocycles. The van der Waals surface area contributed by atoms with Crippen LogP contribution in [0.4, 0.5) is 16.4 Å². The number of carbonyl (C=O) groups excluding carboxylic acids is 5. The number of hydrogen-bond acceptors (Lipinski definition) is 10. The topological polar surface area (TPSA) is 145 Å². The number of amides is 3. The lowest BCUT2D eigenvalue weighted by Gasteiger charge is -2.22. The smallest absolute Gasteiger partial charge is 0.341 e. The van der Waals surface area contributed by atoms with Gasteiger partial charge in [0.15, 0.2) is 6.61 Å². The fourth-order valence-electron chi connectivity index (χ4n) is 5.84. The Kier molecular flexibility index (Phi) is 9.41. The van der Waals surface area contributed by atoms with E-state index in [2.05, 4.69) is 17.4 Å². The van der Waals surface area contributed by atoms with Crippen LogP contribution in [0.2, 0.25) is 0 Å². The van der Waals surface area contributed by atoms with Crippen molar-refractivity contribution in [1.29, 1.82) is 0 Å². The Morgan fingerprint density at radius 3 is 2.47 bits per heavy atom. The molecule has 0 bridgehead atoms. The largest absolute Gasteiger partial charge is 0.465 e. The molecular weight excluding hydrogens is 639 g/mol. The van der Waals surface area contributed by atoms with Crippen molar-refractivity contribution in [3.05, 3.63) is 106 Å². The summed E-state index contributed by atoms with van der Waals surface area (Å²) in [6, 6.07) is 23.1. The lowest BCUT2D eigenvalue weighted by atomic mass is 9.83. The quantitative estimate of drug-likeness (QED) is 0.132. The van der Waals surface area contributed by atoms with Crippen molar-refractivity contribution in [2.45, 2.75) is 41.7 Å². The maximum absolute atomic E-state index is 13.1. The molecule has 1 aromatic heterocycles. The number of hydrogen-bond donors (Lipinski definition) is 2. The maximum Gasteiger partial charge on any atom is 0.341 e. The third-order valence-electron chi connectivity index (χ3n) is 8.12. The summed E-state index contributed by atoms with van der Waals surface area (Å²) in [5.74, 6) is -2.29. The molecule has 3 amide bonds. The van der Waals surface area contributed by atoms with E-state index in [4.69, 9.17) is 15.2 Å². The maximum atomic E-state index is 13.1. The van der Waals surface area contributed by atoms with E-state index in [-0.39, 0.29) is 23.8 Å². The molecule has 3 aromatic carbocycles. The van der Waals surface area contributed by atoms with E-state index in [0.29, 0.717) is 34.3 Å². The molecule has 0 radical (unpaired) electrons. The zero-order chi connectivity index (χ0) is 33.1. The number of nitrogens with zero attached hydrogens (tertiary/aromatic N) is 1. The summed E-state index contributed by atoms with van der Waals surface area (Å²) < 4.78 is 10.3. The minimum Gasteiger partial charge on any atom is -0.465 e. The number of benzene rings is 3. The van der Waals surface area contributed by atoms with Crippen molar-refractivity contribution in [2.24, 2.45) is 0 Å². The summed E-state index contributed by atoms with van der Waals surface area (Å²) in [5.41, 5.74) is 9.32. The highest BCUT2D eigenvalue weighted by atomic mass is 32.2. The Morgan fingerprint density at radius 2 is 1.74 bits per heavy atom. The molecule has 3 N–H and O–H groups in total. The van der Waals surface area contributed by atoms with Gasteiger partial charge in [-0.05, 0) is 78.8 Å². The van der Waals surface area contributed by atoms with Crippen molar-refractivity contribution in [2.75, 3.05) is 29.7 Å². The van der Waals surface area contributed by atoms with Gasteiger partial charge in [0.1, 0.15) is 5.00 Å². The summed E-state index contributed by atoms with van der Waals surface area (Å²) in [6.45, 7) is -0.581. The third kappa shape index (κ3) is 6.93. The molecular formula is C35H31N3O7S2. The molecule has 2 heterocycles. The van der Waals surface area contributed by atoms with Gasteiger partial charge in [0.2, 0.25) is 11.8 Å². The summed E-state index contributed by atoms with van der Waals surface area (Å²) in [4.78, 5) is 67.1. The molecule has 240 valence electrons. The number of nitrogen functional groups attached to an aromatic ring is 1. The SMILES string of the molecule is COC(=O)c1c(NC(=O)COC(=O)c2ccc(N3C(=O)CC(Sc4cccc(N)c4)C3=O)cc2)sc2c1CCC(c1ccccc1)C2. The van der Waals surface area contributed by atoms with Crippen molar-refractivity contribution >= 4 is 69.1 Å². The second-order valence-electron chi connectivity index (χ2n) is 11.2. The fourth-order valence-corrected chi connectivity index (χ4v) is 8.30. The number of imide groups is 1. The number of methoxy groups -OCH3 is 1. The van der Waals surface area contributed by atoms with Gasteiger partial charge >= 0.3 is 11.9 Å². The van der Waals surface area contributed by atoms with E-state index in [9.17, 15) is 24.0 Å². The van der Waals surface area contributed by atoms with Crippen molar-refractivity contribution in [3.8, 4) is 0 Å². The number of nitrogens with one attached hydrogen (secondary N) is 1. The van der Waals surface area contributed by atoms with Crippen LogP contribution >= 0.6 is 23.1 Å². The van der Waals surface area contributed by atoms with Crippen LogP contribution in [0.5, 0.6) is 0 Å². The third-order valence-corrected chi connectivity index (χ3v) is 10.5. The molecule has 4 aromatic rings. The first-order chi connectivity index (χ1) is 22.7. The second kappa shape index (κ2) is 13.8. The van der Waals surface area contributed by atoms with Crippen LogP contribution in [0.3, 0.4) is 0 Å². The number of thiophene rings is 1. The normalized spacial score (nSPS) is 17.3. The summed E-state index contributed by atoms with van der Waals surface area (Å²) in [5, 5.41) is 2.51. The van der Waals surface area contributed by atoms with Crippen LogP contribution in [0.25, 0.3) is 0 Å². The van der Waals surface area contributed by atoms with Gasteiger partial charge in [-0.15, -0.1) is 23.1 Å². The number of rotatable bonds is 9. The minimum atomic E-state index is -0.759. The highest BCUT2D eigenvalue weighted by Crippen LogP contribution is 2.43. The molecule has 6 rings (SSSR count). The molecule has 0 spiro atoms. The zero-order valence-electron chi connectivity index (χ0n) is 25.4. The summed E-state index contributed by atoms with van der Waals surface area (Å²) in [7, 11) is 1.30. The average Bonchev–Trinajstić information content (AvgIpc) is 3.57. The van der Waals surface area contributed by atoms with Crippen LogP contribution in [-0.4, -0.2) is 48.6 Å². The summed E-state index contributed by atoms with van der Waals surface area (Å²) in [6.07, 6.45) is 2.32. The molecule has 2 atom stereocenters. The molecule has 47 heavy (non-hydrogen) atoms. The van der Waals surface area contributed by atoms with E-state index in [1.807, 2.05) is 24.3 Å². The highest BCUT2D eigenvalue weighted by molar-refractivity contribution is 8.00. The van der Waals surface area contributed by atoms with Gasteiger partial charge < -0.3 is 20.5 Å². The first kappa shape index (κ1) is 32.0. The Balaban J connectivity index is 1.07. The molecule has 0 saturated carbocycles. The first-order valence-corrected chi connectivity index (χ1v) is 16.6. The predicted molar refractivity (Wildman–Crippen MR) is 180 cm³/mol. The molecule has 10 nitrogen and oxygen atoms in total. The number of carbonyl (C=O) groups is 5. The number of ether oxygens (including phenoxy) is 2. The Morgan fingerprint density at radius 1 is 0.979 bits per heavy atom. The second-order valence-corrected chi connectivity index (χ2v) is 13.6. The number of anilines is 3. The van der Waals surface area contributed by atoms with Crippen LogP contribution in [0.15, 0.2) is 83.8 Å². The van der Waals surface area contributed by atoms with Crippen molar-refractivity contribution < 1.29 is 33.4 Å². The number of thioether (sulfide) groups is 1. The van der Waals surface area contributed by atoms with Crippen molar-refractivity contribution in [1.82, 2.24) is 0 Å². The van der Waals surface area contributed by atoms with E-state index in [1.165, 1.54) is 60.0 Å². The van der Waals surface area contributed by atoms with Gasteiger partial charge in [-0.25, -0.2) is 14.5 Å². The fraction of sp³-hybridized carbons (Fsp3) is 0.229. The Bertz CT molecular complexity index is 1860. The van der Waals surface area contributed by atoms with Crippen LogP contribution < -0.4 is 16.0 Å². The molecule has 1 fully saturated rings. The van der Waals surface area contributed by atoms with Crippen LogP contribution in [0.1, 0.15) is 55.5 Å². The van der Waals surface area contributed by atoms with E-state index < -0.39 is 29.7 Å². The standard InChI is InChI=1S/C35H31N3O7S2/c1-44-35(43)31-26-15-12-22(20-6-3-2-4-7-20)16-27(26)47-32(31)37-29(39)19-45-34(42)21-10-13-24(14-11-21)38-30(40)18-28(33(38)41)46-25-9-5-8-23(36)17-25/h2-11,13-14,17,22,28H,12,15-16,18-19,36H2,1H3,(H,37,39). The van der Waals surface area contributed by atoms with Gasteiger partial charge in [0.05, 0.1) is 29.2 Å². The molecule has 1 aliphatic heterocycles. The van der Waals surface area contributed by atoms with Gasteiger partial charge in [0, 0.05) is 21.9 Å². The lowest BCUT2D eigenvalue weighted by Crippen LogP contribution is -2.31. The van der Waals surface area contributed by atoms with Gasteiger partial charge in [0.25, 0.3) is 5.91 Å². The monoisotopic (exact) mass is 669 g/mol. The van der Waals surface area contributed by atoms with Gasteiger partial charge in [-0.1, -0.05) is 36.4 Å². The Labute approximate surface area is 279 Å². The van der Waals surface area contributed by atoms with E-state index in [1.54, 1.807) is 18.2 Å². The molecule has 2 unspecified atom stereocenters. The number of esters is 2. The molecule has 2 aliphatic rings. The van der Waals surface area contributed by atoms with Gasteiger partial charge in [-0.3, -0.25) is 14.4 Å². The van der Waals surface area contributed by atoms with Crippen LogP contribution in [-0.2, 0) is 36.7 Å². The summed E-state index contributed by atoms with van der Waals surface area (Å²) >= 11 is 2.61. The molecule has 12 heteroatoms. The number of fused-ring (bicyclic) bond motifs is 1. The first-order valence-electron chi connectivity index (χ1n) is 15.0. The van der Waals surface area contributed by atoms with E-state index in [0.717, 1.165) is 33.1 Å². The molecule has 1 saturated heterocycles.